The van der Waals surface area contributed by atoms with Crippen LogP contribution in [-0.2, 0) is 28.5 Å². The molecule has 45 heavy (non-hydrogen) atoms. The van der Waals surface area contributed by atoms with E-state index in [1.807, 2.05) is 19.1 Å². The summed E-state index contributed by atoms with van der Waals surface area (Å²) in [6.07, 6.45) is -8.21. The zero-order valence-corrected chi connectivity index (χ0v) is 24.7. The molecule has 4 aromatic rings. The number of carboxylic acids is 1. The van der Waals surface area contributed by atoms with E-state index in [4.69, 9.17) is 16.7 Å². The number of aliphatic carboxylic acids is 1. The quantitative estimate of drug-likeness (QED) is 0.0959. The van der Waals surface area contributed by atoms with E-state index < -0.39 is 29.4 Å². The number of nitrogens with one attached hydrogen (secondary N) is 2. The number of carbonyl (C=O) groups is 2. The Bertz CT molecular complexity index is 1620. The fourth-order valence-electron chi connectivity index (χ4n) is 4.31. The third-order valence-corrected chi connectivity index (χ3v) is 6.76. The van der Waals surface area contributed by atoms with Crippen molar-refractivity contribution in [3.8, 4) is 22.3 Å². The van der Waals surface area contributed by atoms with Crippen molar-refractivity contribution in [2.75, 3.05) is 11.9 Å². The predicted octanol–water partition coefficient (Wildman–Crippen LogP) is 8.54. The highest BCUT2D eigenvalue weighted by Gasteiger charge is 2.39. The van der Waals surface area contributed by atoms with Gasteiger partial charge in [0.2, 0.25) is 6.41 Å². The van der Waals surface area contributed by atoms with Gasteiger partial charge in [-0.15, -0.1) is 0 Å². The highest BCUT2D eigenvalue weighted by molar-refractivity contribution is 6.30. The number of pyridine rings is 1. The van der Waals surface area contributed by atoms with Gasteiger partial charge in [-0.25, -0.2) is 0 Å². The van der Waals surface area contributed by atoms with Gasteiger partial charge < -0.3 is 15.7 Å². The first-order valence-electron chi connectivity index (χ1n) is 13.3. The molecular formula is C32H28ClF6N3O3. The Labute approximate surface area is 260 Å². The molecule has 238 valence electrons. The molecular weight excluding hydrogens is 624 g/mol. The van der Waals surface area contributed by atoms with E-state index in [2.05, 4.69) is 15.6 Å². The zero-order chi connectivity index (χ0) is 33.4. The molecule has 0 aliphatic carbocycles. The average molecular weight is 652 g/mol. The van der Waals surface area contributed by atoms with E-state index in [9.17, 15) is 35.9 Å². The first kappa shape index (κ1) is 34.9. The smallest absolute Gasteiger partial charge is 0.416 e. The Hall–Kier alpha value is -4.58. The summed E-state index contributed by atoms with van der Waals surface area (Å²) in [5.74, 6) is -0.903. The molecule has 13 heteroatoms. The van der Waals surface area contributed by atoms with Gasteiger partial charge in [0.1, 0.15) is 0 Å². The number of hydrogen-bond acceptors (Lipinski definition) is 4. The van der Waals surface area contributed by atoms with Crippen LogP contribution in [0.3, 0.4) is 0 Å². The van der Waals surface area contributed by atoms with Gasteiger partial charge in [0.15, 0.2) is 0 Å². The molecule has 6 nitrogen and oxygen atoms in total. The monoisotopic (exact) mass is 651 g/mol. The van der Waals surface area contributed by atoms with Crippen molar-refractivity contribution in [1.82, 2.24) is 10.3 Å². The van der Waals surface area contributed by atoms with Crippen LogP contribution < -0.4 is 10.6 Å². The molecule has 0 aliphatic heterocycles. The van der Waals surface area contributed by atoms with Gasteiger partial charge in [0.05, 0.1) is 17.5 Å². The highest BCUT2D eigenvalue weighted by atomic mass is 35.5. The van der Waals surface area contributed by atoms with Gasteiger partial charge in [0, 0.05) is 41.3 Å². The van der Waals surface area contributed by atoms with Crippen LogP contribution in [0.2, 0.25) is 5.02 Å². The topological polar surface area (TPSA) is 91.3 Å². The van der Waals surface area contributed by atoms with Crippen molar-refractivity contribution < 1.29 is 41.0 Å². The maximum atomic E-state index is 14.0. The minimum absolute atomic E-state index is 0.0151. The molecule has 0 spiro atoms. The van der Waals surface area contributed by atoms with Crippen LogP contribution in [0.4, 0.5) is 32.0 Å². The Morgan fingerprint density at radius 3 is 2.09 bits per heavy atom. The lowest BCUT2D eigenvalue weighted by Gasteiger charge is -2.21. The van der Waals surface area contributed by atoms with Crippen LogP contribution in [0.1, 0.15) is 34.4 Å². The van der Waals surface area contributed by atoms with E-state index in [1.165, 1.54) is 18.3 Å². The van der Waals surface area contributed by atoms with Gasteiger partial charge >= 0.3 is 18.3 Å². The summed E-state index contributed by atoms with van der Waals surface area (Å²) in [5, 5.41) is 13.7. The number of amides is 1. The molecule has 0 aliphatic rings. The van der Waals surface area contributed by atoms with Crippen molar-refractivity contribution in [2.45, 2.75) is 39.2 Å². The molecule has 0 fully saturated rings. The van der Waals surface area contributed by atoms with Crippen molar-refractivity contribution in [3.63, 3.8) is 0 Å². The standard InChI is InChI=1S/C28H21ClF6N2.C4H7NO3/c1-16-11-21(29)7-10-23(16)18-5-8-22(9-6-18)37-15-25-24(19-4-3-17(2)36-14-19)12-20(27(30,31)32)13-26(25)28(33,34)35;6-3-5-2-1-4(7)8/h3-14,37H,15H2,1-2H3;3H,1-2H2,(H,5,6)(H,7,8). The summed E-state index contributed by atoms with van der Waals surface area (Å²) in [6.45, 7) is 3.45. The zero-order valence-electron chi connectivity index (χ0n) is 24.0. The molecule has 0 unspecified atom stereocenters. The van der Waals surface area contributed by atoms with Crippen LogP contribution in [0.15, 0.2) is 72.9 Å². The fraction of sp³-hybridized carbons (Fsp3) is 0.219. The molecule has 1 heterocycles. The van der Waals surface area contributed by atoms with Crippen LogP contribution >= 0.6 is 11.6 Å². The average Bonchev–Trinajstić information content (AvgIpc) is 2.96. The lowest BCUT2D eigenvalue weighted by atomic mass is 9.92. The third kappa shape index (κ3) is 9.97. The molecule has 3 aromatic carbocycles. The molecule has 1 aromatic heterocycles. The fourth-order valence-corrected chi connectivity index (χ4v) is 4.54. The van der Waals surface area contributed by atoms with Crippen LogP contribution in [-0.4, -0.2) is 29.0 Å². The van der Waals surface area contributed by atoms with Gasteiger partial charge in [-0.2, -0.15) is 26.3 Å². The summed E-state index contributed by atoms with van der Waals surface area (Å²) in [6, 6.07) is 16.4. The second kappa shape index (κ2) is 14.9. The number of benzene rings is 3. The van der Waals surface area contributed by atoms with Crippen molar-refractivity contribution in [1.29, 1.82) is 0 Å². The number of aryl methyl sites for hydroxylation is 2. The van der Waals surface area contributed by atoms with E-state index in [0.29, 0.717) is 22.8 Å². The van der Waals surface area contributed by atoms with Gasteiger partial charge in [-0.1, -0.05) is 35.9 Å². The molecule has 0 bridgehead atoms. The van der Waals surface area contributed by atoms with E-state index >= 15 is 0 Å². The van der Waals surface area contributed by atoms with Crippen LogP contribution in [0, 0.1) is 13.8 Å². The number of aromatic nitrogens is 1. The summed E-state index contributed by atoms with van der Waals surface area (Å²) in [7, 11) is 0. The summed E-state index contributed by atoms with van der Waals surface area (Å²) >= 11 is 6.02. The lowest BCUT2D eigenvalue weighted by molar-refractivity contribution is -0.143. The van der Waals surface area contributed by atoms with Crippen LogP contribution in [0.5, 0.6) is 0 Å². The Morgan fingerprint density at radius 1 is 0.889 bits per heavy atom. The molecule has 0 saturated carbocycles. The number of hydrogen-bond donors (Lipinski definition) is 3. The Balaban J connectivity index is 0.000000610. The largest absolute Gasteiger partial charge is 0.481 e. The minimum atomic E-state index is -5.00. The minimum Gasteiger partial charge on any atom is -0.481 e. The normalized spacial score (nSPS) is 11.3. The summed E-state index contributed by atoms with van der Waals surface area (Å²) < 4.78 is 82.5. The molecule has 3 N–H and O–H groups in total. The van der Waals surface area contributed by atoms with E-state index in [-0.39, 0.29) is 42.3 Å². The molecule has 0 radical (unpaired) electrons. The van der Waals surface area contributed by atoms with Crippen molar-refractivity contribution in [3.05, 3.63) is 106 Å². The Morgan fingerprint density at radius 2 is 1.56 bits per heavy atom. The number of alkyl halides is 6. The van der Waals surface area contributed by atoms with Crippen LogP contribution in [0.25, 0.3) is 22.3 Å². The molecule has 1 amide bonds. The van der Waals surface area contributed by atoms with Gasteiger partial charge in [-0.05, 0) is 84.1 Å². The highest BCUT2D eigenvalue weighted by Crippen LogP contribution is 2.42. The number of rotatable bonds is 9. The predicted molar refractivity (Wildman–Crippen MR) is 160 cm³/mol. The number of anilines is 1. The number of carboxylic acid groups (broad SMARTS) is 1. The summed E-state index contributed by atoms with van der Waals surface area (Å²) in [5.41, 5.74) is 0.847. The second-order valence-corrected chi connectivity index (χ2v) is 10.3. The van der Waals surface area contributed by atoms with Crippen molar-refractivity contribution in [2.24, 2.45) is 0 Å². The Kier molecular flexibility index (Phi) is 11.6. The summed E-state index contributed by atoms with van der Waals surface area (Å²) in [4.78, 5) is 23.3. The number of nitrogens with zero attached hydrogens (tertiary/aromatic N) is 1. The first-order chi connectivity index (χ1) is 21.1. The third-order valence-electron chi connectivity index (χ3n) is 6.53. The maximum absolute atomic E-state index is 14.0. The van der Waals surface area contributed by atoms with E-state index in [0.717, 1.165) is 22.8 Å². The molecule has 4 rings (SSSR count). The van der Waals surface area contributed by atoms with Gasteiger partial charge in [-0.3, -0.25) is 14.6 Å². The SMILES string of the molecule is Cc1ccc(-c2cc(C(F)(F)F)cc(C(F)(F)F)c2CNc2ccc(-c3ccc(Cl)cc3C)cc2)cn1.O=CNCCC(=O)O. The van der Waals surface area contributed by atoms with Crippen molar-refractivity contribution >= 4 is 29.7 Å². The maximum Gasteiger partial charge on any atom is 0.416 e. The molecule has 0 atom stereocenters. The molecule has 0 saturated heterocycles. The lowest BCUT2D eigenvalue weighted by Crippen LogP contribution is -2.17. The van der Waals surface area contributed by atoms with Gasteiger partial charge in [0.25, 0.3) is 0 Å². The van der Waals surface area contributed by atoms with E-state index in [1.54, 1.807) is 37.3 Å². The number of carbonyl (C=O) groups excluding carboxylic acids is 1. The number of halogens is 7. The second-order valence-electron chi connectivity index (χ2n) is 9.84. The first-order valence-corrected chi connectivity index (χ1v) is 13.7.